The lowest BCUT2D eigenvalue weighted by Gasteiger charge is -2.49. The van der Waals surface area contributed by atoms with Crippen molar-refractivity contribution in [2.75, 3.05) is 20.7 Å². The highest BCUT2D eigenvalue weighted by atomic mass is 16.5. The highest BCUT2D eigenvalue weighted by molar-refractivity contribution is 5.93. The molecule has 1 saturated carbocycles. The number of fused-ring (bicyclic) bond motifs is 3. The Kier molecular flexibility index (Phi) is 3.90. The number of nitrogens with zero attached hydrogens (tertiary/aromatic N) is 1. The Morgan fingerprint density at radius 3 is 2.79 bits per heavy atom. The van der Waals surface area contributed by atoms with Crippen molar-refractivity contribution in [3.63, 3.8) is 0 Å². The van der Waals surface area contributed by atoms with E-state index in [1.165, 1.54) is 11.1 Å². The number of likely N-dealkylation sites (tertiary alicyclic amines) is 1. The van der Waals surface area contributed by atoms with Crippen molar-refractivity contribution in [2.24, 2.45) is 17.6 Å². The number of carbonyl (C=O) groups excluding carboxylic acids is 1. The molecule has 2 aliphatic carbocycles. The van der Waals surface area contributed by atoms with Gasteiger partial charge in [-0.15, -0.1) is 0 Å². The van der Waals surface area contributed by atoms with Crippen LogP contribution in [0.25, 0.3) is 0 Å². The fourth-order valence-corrected chi connectivity index (χ4v) is 6.70. The lowest BCUT2D eigenvalue weighted by molar-refractivity contribution is -0.0652. The first-order chi connectivity index (χ1) is 13.8. The van der Waals surface area contributed by atoms with Crippen LogP contribution in [0.3, 0.4) is 0 Å². The van der Waals surface area contributed by atoms with Gasteiger partial charge < -0.3 is 15.6 Å². The number of likely N-dealkylation sites (N-methyl/N-ethyl adjacent to an activating group) is 1. The zero-order valence-electron chi connectivity index (χ0n) is 17.2. The molecule has 2 aromatic rings. The van der Waals surface area contributed by atoms with E-state index in [2.05, 4.69) is 31.0 Å². The standard InChI is InChI=1S/C24H28N2O3/c1-23-19-11-18(29-3)8-7-14(19)9-16-13-26(2)21(12-20(16)23)24(23,28)17-6-4-5-15(10-17)22(25)27/h4-8,10-11,16,20-21,28H,9,12-13H2,1-3H3,(H2,25,27)/t16?,20?,21-,23+,24?/m1/s1. The number of methoxy groups -OCH3 is 1. The number of ether oxygens (including phenoxy) is 1. The Hall–Kier alpha value is -2.37. The molecule has 0 radical (unpaired) electrons. The minimum Gasteiger partial charge on any atom is -0.497 e. The summed E-state index contributed by atoms with van der Waals surface area (Å²) in [5.41, 5.74) is 7.61. The van der Waals surface area contributed by atoms with Crippen molar-refractivity contribution in [1.82, 2.24) is 4.90 Å². The predicted molar refractivity (Wildman–Crippen MR) is 111 cm³/mol. The Balaban J connectivity index is 1.79. The van der Waals surface area contributed by atoms with Gasteiger partial charge in [0.25, 0.3) is 0 Å². The van der Waals surface area contributed by atoms with Crippen LogP contribution in [0.1, 0.15) is 40.4 Å². The van der Waals surface area contributed by atoms with Gasteiger partial charge in [0.05, 0.1) is 7.11 Å². The van der Waals surface area contributed by atoms with Crippen LogP contribution in [0.4, 0.5) is 0 Å². The maximum atomic E-state index is 12.6. The van der Waals surface area contributed by atoms with Crippen molar-refractivity contribution in [2.45, 2.75) is 36.8 Å². The van der Waals surface area contributed by atoms with Crippen molar-refractivity contribution >= 4 is 5.91 Å². The van der Waals surface area contributed by atoms with Gasteiger partial charge in [-0.1, -0.05) is 25.1 Å². The fraction of sp³-hybridized carbons (Fsp3) is 0.458. The number of hydrogen-bond donors (Lipinski definition) is 2. The lowest BCUT2D eigenvalue weighted by atomic mass is 9.56. The number of hydrogen-bond acceptors (Lipinski definition) is 4. The van der Waals surface area contributed by atoms with Gasteiger partial charge in [-0.05, 0) is 72.7 Å². The van der Waals surface area contributed by atoms with Crippen LogP contribution in [-0.2, 0) is 17.4 Å². The van der Waals surface area contributed by atoms with E-state index in [1.54, 1.807) is 19.2 Å². The van der Waals surface area contributed by atoms with Gasteiger partial charge in [0, 0.05) is 23.6 Å². The molecule has 3 aliphatic rings. The second kappa shape index (κ2) is 6.07. The Morgan fingerprint density at radius 1 is 1.28 bits per heavy atom. The molecule has 2 fully saturated rings. The van der Waals surface area contributed by atoms with E-state index < -0.39 is 16.9 Å². The predicted octanol–water partition coefficient (Wildman–Crippen LogP) is 2.45. The summed E-state index contributed by atoms with van der Waals surface area (Å²) in [5, 5.41) is 12.6. The van der Waals surface area contributed by atoms with Crippen LogP contribution in [0.15, 0.2) is 42.5 Å². The molecule has 29 heavy (non-hydrogen) atoms. The zero-order chi connectivity index (χ0) is 20.6. The summed E-state index contributed by atoms with van der Waals surface area (Å²) >= 11 is 0. The number of primary amides is 1. The maximum absolute atomic E-state index is 12.6. The smallest absolute Gasteiger partial charge is 0.248 e. The summed E-state index contributed by atoms with van der Waals surface area (Å²) in [4.78, 5) is 14.2. The maximum Gasteiger partial charge on any atom is 0.248 e. The molecule has 3 N–H and O–H groups in total. The van der Waals surface area contributed by atoms with Crippen LogP contribution >= 0.6 is 0 Å². The quantitative estimate of drug-likeness (QED) is 0.841. The van der Waals surface area contributed by atoms with Gasteiger partial charge in [0.1, 0.15) is 11.4 Å². The average Bonchev–Trinajstić information content (AvgIpc) is 2.95. The molecule has 5 rings (SSSR count). The molecule has 0 spiro atoms. The monoisotopic (exact) mass is 392 g/mol. The number of nitrogens with two attached hydrogens (primary N) is 1. The summed E-state index contributed by atoms with van der Waals surface area (Å²) < 4.78 is 5.54. The topological polar surface area (TPSA) is 75.8 Å². The molecule has 1 amide bonds. The average molecular weight is 392 g/mol. The van der Waals surface area contributed by atoms with E-state index in [9.17, 15) is 9.90 Å². The van der Waals surface area contributed by atoms with Crippen LogP contribution in [0.5, 0.6) is 5.75 Å². The van der Waals surface area contributed by atoms with Gasteiger partial charge in [-0.2, -0.15) is 0 Å². The third-order valence-electron chi connectivity index (χ3n) is 8.06. The Bertz CT molecular complexity index is 1010. The molecule has 5 heteroatoms. The van der Waals surface area contributed by atoms with Crippen LogP contribution in [0, 0.1) is 11.8 Å². The van der Waals surface area contributed by atoms with Gasteiger partial charge in [-0.3, -0.25) is 9.69 Å². The van der Waals surface area contributed by atoms with Gasteiger partial charge in [-0.25, -0.2) is 0 Å². The molecular formula is C24H28N2O3. The number of benzene rings is 2. The normalized spacial score (nSPS) is 35.2. The minimum atomic E-state index is -1.13. The van der Waals surface area contributed by atoms with Gasteiger partial charge in [0.15, 0.2) is 0 Å². The highest BCUT2D eigenvalue weighted by Gasteiger charge is 2.69. The molecule has 2 bridgehead atoms. The van der Waals surface area contributed by atoms with E-state index in [4.69, 9.17) is 10.5 Å². The van der Waals surface area contributed by atoms with E-state index >= 15 is 0 Å². The Labute approximate surface area is 171 Å². The van der Waals surface area contributed by atoms with Gasteiger partial charge >= 0.3 is 0 Å². The minimum absolute atomic E-state index is 0.0194. The first-order valence-corrected chi connectivity index (χ1v) is 10.3. The first-order valence-electron chi connectivity index (χ1n) is 10.3. The summed E-state index contributed by atoms with van der Waals surface area (Å²) in [7, 11) is 3.79. The van der Waals surface area contributed by atoms with Crippen molar-refractivity contribution in [3.8, 4) is 5.75 Å². The highest BCUT2D eigenvalue weighted by Crippen LogP contribution is 2.65. The van der Waals surface area contributed by atoms with Crippen molar-refractivity contribution in [1.29, 1.82) is 0 Å². The molecule has 1 heterocycles. The van der Waals surface area contributed by atoms with Crippen molar-refractivity contribution in [3.05, 3.63) is 64.7 Å². The fourth-order valence-electron chi connectivity index (χ4n) is 6.70. The number of piperidine rings is 1. The SMILES string of the molecule is COc1ccc2c(c1)[C@@]1(C)C3C[C@@H](N(C)CC3C2)C1(O)c1cccc(C(N)=O)c1. The molecule has 5 atom stereocenters. The van der Waals surface area contributed by atoms with Gasteiger partial charge in [0.2, 0.25) is 5.91 Å². The van der Waals surface area contributed by atoms with E-state index in [-0.39, 0.29) is 6.04 Å². The Morgan fingerprint density at radius 2 is 2.07 bits per heavy atom. The number of aliphatic hydroxyl groups is 1. The van der Waals surface area contributed by atoms with Crippen LogP contribution in [-0.4, -0.2) is 42.7 Å². The molecule has 0 aromatic heterocycles. The zero-order valence-corrected chi connectivity index (χ0v) is 17.2. The largest absolute Gasteiger partial charge is 0.497 e. The summed E-state index contributed by atoms with van der Waals surface area (Å²) in [5.74, 6) is 1.20. The molecule has 1 saturated heterocycles. The first kappa shape index (κ1) is 18.6. The molecule has 152 valence electrons. The van der Waals surface area contributed by atoms with Crippen LogP contribution in [0.2, 0.25) is 0 Å². The number of amides is 1. The summed E-state index contributed by atoms with van der Waals surface area (Å²) in [6, 6.07) is 13.5. The third-order valence-corrected chi connectivity index (χ3v) is 8.06. The second-order valence-electron chi connectivity index (χ2n) is 9.20. The van der Waals surface area contributed by atoms with Crippen LogP contribution < -0.4 is 10.5 Å². The van der Waals surface area contributed by atoms with E-state index in [1.807, 2.05) is 18.2 Å². The summed E-state index contributed by atoms with van der Waals surface area (Å²) in [6.07, 6.45) is 1.96. The molecule has 3 unspecified atom stereocenters. The third kappa shape index (κ3) is 2.26. The molecular weight excluding hydrogens is 364 g/mol. The lowest BCUT2D eigenvalue weighted by Crippen LogP contribution is -2.54. The summed E-state index contributed by atoms with van der Waals surface area (Å²) in [6.45, 7) is 3.17. The molecule has 2 aromatic carbocycles. The molecule has 1 aliphatic heterocycles. The van der Waals surface area contributed by atoms with E-state index in [0.717, 1.165) is 30.7 Å². The van der Waals surface area contributed by atoms with E-state index in [0.29, 0.717) is 17.4 Å². The number of rotatable bonds is 3. The second-order valence-corrected chi connectivity index (χ2v) is 9.20. The van der Waals surface area contributed by atoms with Crippen molar-refractivity contribution < 1.29 is 14.6 Å². The molecule has 5 nitrogen and oxygen atoms in total. The number of carbonyl (C=O) groups is 1.